The standard InChI is InChI=1S/C7H11N.C2H6/c1-8-6-4-2-3-5-7-8;1-2/h4-7H2,1H3;1-2H3. The van der Waals surface area contributed by atoms with E-state index in [1.807, 2.05) is 13.8 Å². The van der Waals surface area contributed by atoms with Gasteiger partial charge >= 0.3 is 0 Å². The molecule has 0 saturated carbocycles. The molecule has 0 amide bonds. The lowest BCUT2D eigenvalue weighted by Gasteiger charge is -2.09. The monoisotopic (exact) mass is 139 g/mol. The van der Waals surface area contributed by atoms with Crippen LogP contribution in [0.4, 0.5) is 0 Å². The number of nitrogens with zero attached hydrogens (tertiary/aromatic N) is 1. The first-order chi connectivity index (χ1) is 4.89. The Morgan fingerprint density at radius 1 is 1.00 bits per heavy atom. The Balaban J connectivity index is 0.000000371. The summed E-state index contributed by atoms with van der Waals surface area (Å²) in [4.78, 5) is 2.30. The molecule has 0 atom stereocenters. The van der Waals surface area contributed by atoms with Crippen molar-refractivity contribution in [2.75, 3.05) is 20.1 Å². The van der Waals surface area contributed by atoms with E-state index < -0.39 is 0 Å². The van der Waals surface area contributed by atoms with E-state index in [9.17, 15) is 0 Å². The maximum absolute atomic E-state index is 3.09. The van der Waals surface area contributed by atoms with Crippen LogP contribution in [0.5, 0.6) is 0 Å². The predicted molar refractivity (Wildman–Crippen MR) is 45.9 cm³/mol. The first kappa shape index (κ1) is 9.52. The van der Waals surface area contributed by atoms with Gasteiger partial charge in [0, 0.05) is 25.9 Å². The van der Waals surface area contributed by atoms with Crippen LogP contribution in [-0.2, 0) is 0 Å². The second-order valence-corrected chi connectivity index (χ2v) is 2.16. The van der Waals surface area contributed by atoms with Crippen molar-refractivity contribution in [1.82, 2.24) is 4.90 Å². The van der Waals surface area contributed by atoms with Gasteiger partial charge in [-0.15, -0.1) is 11.8 Å². The molecule has 1 rings (SSSR count). The van der Waals surface area contributed by atoms with Crippen LogP contribution in [0.1, 0.15) is 26.7 Å². The zero-order valence-electron chi connectivity index (χ0n) is 7.28. The minimum Gasteiger partial charge on any atom is -0.304 e. The van der Waals surface area contributed by atoms with Gasteiger partial charge in [-0.1, -0.05) is 13.8 Å². The SMILES string of the molecule is CC.CN1CCC#CCC1. The average molecular weight is 139 g/mol. The van der Waals surface area contributed by atoms with Gasteiger partial charge in [-0.25, -0.2) is 0 Å². The van der Waals surface area contributed by atoms with Gasteiger partial charge < -0.3 is 4.90 Å². The van der Waals surface area contributed by atoms with Gasteiger partial charge in [0.25, 0.3) is 0 Å². The van der Waals surface area contributed by atoms with Gasteiger partial charge in [-0.2, -0.15) is 0 Å². The van der Waals surface area contributed by atoms with Crippen LogP contribution in [0.15, 0.2) is 0 Å². The third kappa shape index (κ3) is 4.40. The van der Waals surface area contributed by atoms with E-state index in [1.54, 1.807) is 0 Å². The van der Waals surface area contributed by atoms with Crippen LogP contribution in [-0.4, -0.2) is 25.0 Å². The molecule has 1 aliphatic heterocycles. The zero-order valence-corrected chi connectivity index (χ0v) is 7.28. The lowest BCUT2D eigenvalue weighted by molar-refractivity contribution is 0.355. The molecule has 0 aliphatic carbocycles. The summed E-state index contributed by atoms with van der Waals surface area (Å²) in [5, 5.41) is 0. The zero-order chi connectivity index (χ0) is 7.82. The molecular formula is C9H17N. The van der Waals surface area contributed by atoms with Crippen LogP contribution in [0.2, 0.25) is 0 Å². The summed E-state index contributed by atoms with van der Waals surface area (Å²) in [7, 11) is 2.13. The van der Waals surface area contributed by atoms with Gasteiger partial charge in [0.15, 0.2) is 0 Å². The van der Waals surface area contributed by atoms with E-state index >= 15 is 0 Å². The molecule has 0 radical (unpaired) electrons. The van der Waals surface area contributed by atoms with Crippen LogP contribution < -0.4 is 0 Å². The van der Waals surface area contributed by atoms with Gasteiger partial charge in [0.2, 0.25) is 0 Å². The highest BCUT2D eigenvalue weighted by Gasteiger charge is 1.96. The molecule has 0 aromatic heterocycles. The highest BCUT2D eigenvalue weighted by Crippen LogP contribution is 1.92. The highest BCUT2D eigenvalue weighted by molar-refractivity contribution is 5.01. The Hall–Kier alpha value is -0.480. The minimum absolute atomic E-state index is 1.05. The molecule has 0 bridgehead atoms. The molecule has 0 saturated heterocycles. The van der Waals surface area contributed by atoms with Crippen molar-refractivity contribution in [3.8, 4) is 11.8 Å². The first-order valence-corrected chi connectivity index (χ1v) is 4.04. The highest BCUT2D eigenvalue weighted by atomic mass is 15.1. The molecule has 0 aromatic rings. The fourth-order valence-corrected chi connectivity index (χ4v) is 0.782. The Bertz CT molecular complexity index is 106. The topological polar surface area (TPSA) is 3.24 Å². The number of hydrogen-bond donors (Lipinski definition) is 0. The third-order valence-corrected chi connectivity index (χ3v) is 1.36. The van der Waals surface area contributed by atoms with Crippen LogP contribution in [0, 0.1) is 11.8 Å². The Morgan fingerprint density at radius 2 is 1.40 bits per heavy atom. The van der Waals surface area contributed by atoms with E-state index in [1.165, 1.54) is 0 Å². The van der Waals surface area contributed by atoms with Crippen molar-refractivity contribution in [2.24, 2.45) is 0 Å². The Kier molecular flexibility index (Phi) is 6.32. The lowest BCUT2D eigenvalue weighted by Crippen LogP contribution is -2.18. The fourth-order valence-electron chi connectivity index (χ4n) is 0.782. The molecule has 1 heterocycles. The maximum atomic E-state index is 3.09. The summed E-state index contributed by atoms with van der Waals surface area (Å²) < 4.78 is 0. The molecular weight excluding hydrogens is 122 g/mol. The van der Waals surface area contributed by atoms with Crippen molar-refractivity contribution < 1.29 is 0 Å². The summed E-state index contributed by atoms with van der Waals surface area (Å²) in [6.07, 6.45) is 2.10. The quantitative estimate of drug-likeness (QED) is 0.462. The molecule has 0 aromatic carbocycles. The van der Waals surface area contributed by atoms with Crippen LogP contribution in [0.25, 0.3) is 0 Å². The van der Waals surface area contributed by atoms with Crippen LogP contribution >= 0.6 is 0 Å². The Labute approximate surface area is 64.4 Å². The average Bonchev–Trinajstić information content (AvgIpc) is 2.21. The summed E-state index contributed by atoms with van der Waals surface area (Å²) >= 11 is 0. The molecule has 0 spiro atoms. The van der Waals surface area contributed by atoms with Gasteiger partial charge in [-0.3, -0.25) is 0 Å². The van der Waals surface area contributed by atoms with Gasteiger partial charge in [0.05, 0.1) is 0 Å². The van der Waals surface area contributed by atoms with E-state index in [4.69, 9.17) is 0 Å². The smallest absolute Gasteiger partial charge is 0.0216 e. The van der Waals surface area contributed by atoms with E-state index in [0.29, 0.717) is 0 Å². The molecule has 1 aliphatic rings. The Morgan fingerprint density at radius 3 is 1.80 bits per heavy atom. The largest absolute Gasteiger partial charge is 0.304 e. The van der Waals surface area contributed by atoms with Crippen molar-refractivity contribution in [3.05, 3.63) is 0 Å². The van der Waals surface area contributed by atoms with Crippen molar-refractivity contribution in [2.45, 2.75) is 26.7 Å². The van der Waals surface area contributed by atoms with E-state index in [0.717, 1.165) is 25.9 Å². The van der Waals surface area contributed by atoms with Gasteiger partial charge in [-0.05, 0) is 7.05 Å². The maximum Gasteiger partial charge on any atom is 0.0216 e. The molecule has 1 heteroatoms. The van der Waals surface area contributed by atoms with Gasteiger partial charge in [0.1, 0.15) is 0 Å². The number of rotatable bonds is 0. The molecule has 10 heavy (non-hydrogen) atoms. The number of hydrogen-bond acceptors (Lipinski definition) is 1. The van der Waals surface area contributed by atoms with E-state index in [2.05, 4.69) is 23.8 Å². The third-order valence-electron chi connectivity index (χ3n) is 1.36. The fraction of sp³-hybridized carbons (Fsp3) is 0.778. The first-order valence-electron chi connectivity index (χ1n) is 4.04. The lowest BCUT2D eigenvalue weighted by atomic mass is 10.4. The second kappa shape index (κ2) is 6.64. The molecule has 0 unspecified atom stereocenters. The molecule has 0 N–H and O–H groups in total. The second-order valence-electron chi connectivity index (χ2n) is 2.16. The summed E-state index contributed by atoms with van der Waals surface area (Å²) in [6, 6.07) is 0. The normalized spacial score (nSPS) is 17.5. The van der Waals surface area contributed by atoms with E-state index in [-0.39, 0.29) is 0 Å². The summed E-state index contributed by atoms with van der Waals surface area (Å²) in [5.74, 6) is 6.17. The minimum atomic E-state index is 1.05. The molecule has 0 fully saturated rings. The van der Waals surface area contributed by atoms with Crippen molar-refractivity contribution in [3.63, 3.8) is 0 Å². The summed E-state index contributed by atoms with van der Waals surface area (Å²) in [5.41, 5.74) is 0. The predicted octanol–water partition coefficient (Wildman–Crippen LogP) is 1.74. The van der Waals surface area contributed by atoms with Crippen molar-refractivity contribution >= 4 is 0 Å². The van der Waals surface area contributed by atoms with Crippen molar-refractivity contribution in [1.29, 1.82) is 0 Å². The van der Waals surface area contributed by atoms with Crippen LogP contribution in [0.3, 0.4) is 0 Å². The summed E-state index contributed by atoms with van der Waals surface area (Å²) in [6.45, 7) is 6.29. The molecule has 1 nitrogen and oxygen atoms in total. The molecule has 58 valence electrons.